The molecule has 15 rings (SSSR count). The van der Waals surface area contributed by atoms with Crippen molar-refractivity contribution in [2.75, 3.05) is 0 Å². The number of benzene rings is 12. The number of imidazole rings is 1. The number of aromatic nitrogens is 4. The van der Waals surface area contributed by atoms with E-state index < -0.39 is 0 Å². The van der Waals surface area contributed by atoms with E-state index in [4.69, 9.17) is 15.0 Å². The third kappa shape index (κ3) is 6.15. The first-order valence-corrected chi connectivity index (χ1v) is 24.3. The molecule has 4 heteroatoms. The van der Waals surface area contributed by atoms with Gasteiger partial charge in [0.05, 0.1) is 33.5 Å². The Balaban J connectivity index is 0.806. The number of hydrogen-bond acceptors (Lipinski definition) is 3. The van der Waals surface area contributed by atoms with Gasteiger partial charge in [-0.3, -0.25) is 4.57 Å². The van der Waals surface area contributed by atoms with Crippen LogP contribution >= 0.6 is 0 Å². The summed E-state index contributed by atoms with van der Waals surface area (Å²) in [6, 6.07) is 87.5. The molecule has 328 valence electrons. The summed E-state index contributed by atoms with van der Waals surface area (Å²) in [5, 5.41) is 14.9. The molecule has 0 saturated heterocycles. The highest BCUT2D eigenvalue weighted by atomic mass is 15.1. The molecule has 0 fully saturated rings. The van der Waals surface area contributed by atoms with Gasteiger partial charge in [0.25, 0.3) is 0 Å². The average Bonchev–Trinajstić information content (AvgIpc) is 3.84. The van der Waals surface area contributed by atoms with Crippen LogP contribution in [0.1, 0.15) is 0 Å². The summed E-state index contributed by atoms with van der Waals surface area (Å²) in [4.78, 5) is 15.7. The van der Waals surface area contributed by atoms with Crippen LogP contribution < -0.4 is 0 Å². The van der Waals surface area contributed by atoms with Gasteiger partial charge in [-0.1, -0.05) is 206 Å². The molecule has 12 aromatic carbocycles. The summed E-state index contributed by atoms with van der Waals surface area (Å²) in [6.45, 7) is 0. The van der Waals surface area contributed by atoms with Gasteiger partial charge >= 0.3 is 0 Å². The molecule has 0 aliphatic heterocycles. The van der Waals surface area contributed by atoms with Crippen molar-refractivity contribution in [2.24, 2.45) is 0 Å². The minimum Gasteiger partial charge on any atom is -0.292 e. The fourth-order valence-electron chi connectivity index (χ4n) is 11.4. The van der Waals surface area contributed by atoms with Gasteiger partial charge in [-0.15, -0.1) is 0 Å². The third-order valence-corrected chi connectivity index (χ3v) is 14.7. The lowest BCUT2D eigenvalue weighted by Gasteiger charge is -2.20. The quantitative estimate of drug-likeness (QED) is 0.123. The Bertz CT molecular complexity index is 4540. The van der Waals surface area contributed by atoms with E-state index in [0.29, 0.717) is 0 Å². The second-order valence-electron chi connectivity index (χ2n) is 18.7. The maximum Gasteiger partial charge on any atom is 0.145 e. The van der Waals surface area contributed by atoms with Crippen molar-refractivity contribution >= 4 is 86.7 Å². The standard InChI is InChI=1S/C67H40N4/c1-2-13-50(14-3-1)71-60-20-9-8-19-59(60)70-67(71)49-31-23-42(24-32-49)58-40-36-48-30-29-47-35-39-57(68-65(47)66(48)69-58)41-21-25-45(26-22-41)62-51-15-4-6-17-53(51)64(54-18-7-5-16-52(54)62)56-38-34-46-28-27-43-11-10-12-44-33-37-55(56)63(46)61(43)44/h1-40H. The molecule has 0 N–H and O–H groups in total. The summed E-state index contributed by atoms with van der Waals surface area (Å²) in [7, 11) is 0. The molecule has 0 aliphatic rings. The molecule has 3 heterocycles. The van der Waals surface area contributed by atoms with Gasteiger partial charge in [0, 0.05) is 33.2 Å². The first-order chi connectivity index (χ1) is 35.2. The smallest absolute Gasteiger partial charge is 0.145 e. The van der Waals surface area contributed by atoms with Gasteiger partial charge in [-0.2, -0.15) is 0 Å². The molecule has 3 aromatic heterocycles. The SMILES string of the molecule is c1ccc(-n2c(-c3ccc(-c4ccc5ccc6ccc(-c7ccc(-c8c9ccccc9c(-c9ccc%10ccc%11cccc%12ccc9c%10c%11%12)c9ccccc89)cc7)nc6c5n4)cc3)nc3ccccc32)cc1. The number of hydrogen-bond donors (Lipinski definition) is 0. The fourth-order valence-corrected chi connectivity index (χ4v) is 11.4. The van der Waals surface area contributed by atoms with Gasteiger partial charge < -0.3 is 0 Å². The van der Waals surface area contributed by atoms with E-state index in [1.54, 1.807) is 0 Å². The van der Waals surface area contributed by atoms with Gasteiger partial charge in [-0.25, -0.2) is 15.0 Å². The molecule has 15 aromatic rings. The largest absolute Gasteiger partial charge is 0.292 e. The number of nitrogens with zero attached hydrogens (tertiary/aromatic N) is 4. The van der Waals surface area contributed by atoms with Crippen LogP contribution in [0.15, 0.2) is 243 Å². The Morgan fingerprint density at radius 1 is 0.282 bits per heavy atom. The minimum absolute atomic E-state index is 0.885. The highest BCUT2D eigenvalue weighted by Crippen LogP contribution is 2.47. The van der Waals surface area contributed by atoms with Crippen LogP contribution in [0.5, 0.6) is 0 Å². The normalized spacial score (nSPS) is 11.9. The zero-order valence-corrected chi connectivity index (χ0v) is 38.4. The number of para-hydroxylation sites is 3. The van der Waals surface area contributed by atoms with Crippen LogP contribution in [0.2, 0.25) is 0 Å². The minimum atomic E-state index is 0.885. The van der Waals surface area contributed by atoms with E-state index in [-0.39, 0.29) is 0 Å². The summed E-state index contributed by atoms with van der Waals surface area (Å²) in [5.41, 5.74) is 14.8. The van der Waals surface area contributed by atoms with E-state index in [1.165, 1.54) is 76.1 Å². The molecule has 71 heavy (non-hydrogen) atoms. The molecule has 0 unspecified atom stereocenters. The molecule has 0 bridgehead atoms. The van der Waals surface area contributed by atoms with Crippen molar-refractivity contribution in [3.05, 3.63) is 243 Å². The Hall–Kier alpha value is -9.51. The monoisotopic (exact) mass is 900 g/mol. The maximum absolute atomic E-state index is 5.35. The zero-order chi connectivity index (χ0) is 46.6. The van der Waals surface area contributed by atoms with E-state index in [1.807, 2.05) is 12.1 Å². The Morgan fingerprint density at radius 2 is 0.761 bits per heavy atom. The predicted octanol–water partition coefficient (Wildman–Crippen LogP) is 17.7. The van der Waals surface area contributed by atoms with Crippen LogP contribution in [-0.2, 0) is 0 Å². The molecule has 0 aliphatic carbocycles. The van der Waals surface area contributed by atoms with E-state index >= 15 is 0 Å². The van der Waals surface area contributed by atoms with Gasteiger partial charge in [0.15, 0.2) is 0 Å². The molecule has 4 nitrogen and oxygen atoms in total. The van der Waals surface area contributed by atoms with Crippen LogP contribution in [-0.4, -0.2) is 19.5 Å². The lowest BCUT2D eigenvalue weighted by atomic mass is 9.83. The first kappa shape index (κ1) is 39.5. The second kappa shape index (κ2) is 15.5. The van der Waals surface area contributed by atoms with Crippen molar-refractivity contribution in [2.45, 2.75) is 0 Å². The van der Waals surface area contributed by atoms with Crippen LogP contribution in [0, 0.1) is 0 Å². The van der Waals surface area contributed by atoms with Gasteiger partial charge in [-0.05, 0) is 113 Å². The zero-order valence-electron chi connectivity index (χ0n) is 38.4. The average molecular weight is 901 g/mol. The molecular weight excluding hydrogens is 861 g/mol. The van der Waals surface area contributed by atoms with Crippen LogP contribution in [0.25, 0.3) is 149 Å². The molecule has 0 saturated carbocycles. The number of pyridine rings is 2. The lowest BCUT2D eigenvalue weighted by molar-refractivity contribution is 1.10. The Kier molecular flexibility index (Phi) is 8.62. The van der Waals surface area contributed by atoms with Crippen LogP contribution in [0.4, 0.5) is 0 Å². The van der Waals surface area contributed by atoms with Crippen molar-refractivity contribution in [3.8, 4) is 61.8 Å². The van der Waals surface area contributed by atoms with Crippen LogP contribution in [0.3, 0.4) is 0 Å². The van der Waals surface area contributed by atoms with Gasteiger partial charge in [0.2, 0.25) is 0 Å². The summed E-state index contributed by atoms with van der Waals surface area (Å²) in [6.07, 6.45) is 0. The first-order valence-electron chi connectivity index (χ1n) is 24.3. The second-order valence-corrected chi connectivity index (χ2v) is 18.7. The van der Waals surface area contributed by atoms with Crippen molar-refractivity contribution in [1.82, 2.24) is 19.5 Å². The van der Waals surface area contributed by atoms with E-state index in [2.05, 4.69) is 235 Å². The number of rotatable bonds is 6. The van der Waals surface area contributed by atoms with E-state index in [0.717, 1.165) is 72.4 Å². The topological polar surface area (TPSA) is 43.6 Å². The summed E-state index contributed by atoms with van der Waals surface area (Å²) < 4.78 is 2.23. The van der Waals surface area contributed by atoms with Gasteiger partial charge in [0.1, 0.15) is 5.82 Å². The molecule has 0 atom stereocenters. The molecule has 0 spiro atoms. The predicted molar refractivity (Wildman–Crippen MR) is 298 cm³/mol. The number of fused-ring (bicyclic) bond motifs is 6. The summed E-state index contributed by atoms with van der Waals surface area (Å²) >= 11 is 0. The van der Waals surface area contributed by atoms with Crippen molar-refractivity contribution < 1.29 is 0 Å². The third-order valence-electron chi connectivity index (χ3n) is 14.7. The van der Waals surface area contributed by atoms with E-state index in [9.17, 15) is 0 Å². The Labute approximate surface area is 408 Å². The summed E-state index contributed by atoms with van der Waals surface area (Å²) in [5.74, 6) is 0.904. The molecule has 0 amide bonds. The maximum atomic E-state index is 5.35. The Morgan fingerprint density at radius 3 is 1.39 bits per heavy atom. The molecular formula is C67H40N4. The molecule has 0 radical (unpaired) electrons. The lowest BCUT2D eigenvalue weighted by Crippen LogP contribution is -1.97. The highest BCUT2D eigenvalue weighted by Gasteiger charge is 2.21. The fraction of sp³-hybridized carbons (Fsp3) is 0. The van der Waals surface area contributed by atoms with Crippen molar-refractivity contribution in [1.29, 1.82) is 0 Å². The highest BCUT2D eigenvalue weighted by molar-refractivity contribution is 6.29. The van der Waals surface area contributed by atoms with Crippen molar-refractivity contribution in [3.63, 3.8) is 0 Å².